The van der Waals surface area contributed by atoms with Gasteiger partial charge >= 0.3 is 0 Å². The monoisotopic (exact) mass is 1040 g/mol. The SMILES string of the molecule is CCCC(CCO)Sc1cccc2c1-c1nc-2nc2[nH]c(nc3nc(nc4[nH]c(n1)c1cccc(SC(CCC)CCO)c41)-c1cccc(SC(CCC)CCO)c1-3)c1cccc(SC(CCC)CCO)c21. The fourth-order valence-corrected chi connectivity index (χ4v) is 15.5. The van der Waals surface area contributed by atoms with Crippen molar-refractivity contribution in [3.63, 3.8) is 0 Å². The number of aromatic amines is 2. The molecule has 0 saturated carbocycles. The van der Waals surface area contributed by atoms with Crippen LogP contribution in [-0.2, 0) is 0 Å². The lowest BCUT2D eigenvalue weighted by Gasteiger charge is -2.16. The molecular formula is C56H66N8O4S4. The Bertz CT molecular complexity index is 2950. The van der Waals surface area contributed by atoms with Gasteiger partial charge in [0.25, 0.3) is 0 Å². The maximum atomic E-state index is 10.2. The summed E-state index contributed by atoms with van der Waals surface area (Å²) in [6.07, 6.45) is 10.4. The van der Waals surface area contributed by atoms with Gasteiger partial charge in [0, 0.05) is 111 Å². The average Bonchev–Trinajstić information content (AvgIpc) is 4.11. The van der Waals surface area contributed by atoms with Gasteiger partial charge in [-0.1, -0.05) is 102 Å². The van der Waals surface area contributed by atoms with Gasteiger partial charge in [-0.25, -0.2) is 29.9 Å². The Morgan fingerprint density at radius 2 is 0.694 bits per heavy atom. The summed E-state index contributed by atoms with van der Waals surface area (Å²) in [7, 11) is 0. The molecule has 4 unspecified atom stereocenters. The lowest BCUT2D eigenvalue weighted by Crippen LogP contribution is -2.05. The molecule has 0 saturated heterocycles. The van der Waals surface area contributed by atoms with Crippen molar-refractivity contribution in [2.75, 3.05) is 26.4 Å². The Morgan fingerprint density at radius 3 is 1.04 bits per heavy atom. The Balaban J connectivity index is 1.41. The fraction of sp³-hybridized carbons (Fsp3) is 0.429. The molecule has 0 radical (unpaired) electrons. The van der Waals surface area contributed by atoms with Gasteiger partial charge in [-0.15, -0.1) is 47.0 Å². The number of hydrogen-bond acceptors (Lipinski definition) is 14. The van der Waals surface area contributed by atoms with E-state index in [0.29, 0.717) is 71.6 Å². The quantitative estimate of drug-likeness (QED) is 0.0314. The highest BCUT2D eigenvalue weighted by Crippen LogP contribution is 2.47. The molecule has 3 aromatic heterocycles. The molecule has 7 aromatic rings. The summed E-state index contributed by atoms with van der Waals surface area (Å²) in [6, 6.07) is 25.1. The maximum absolute atomic E-state index is 10.2. The zero-order valence-electron chi connectivity index (χ0n) is 41.7. The van der Waals surface area contributed by atoms with E-state index < -0.39 is 0 Å². The number of aromatic nitrogens is 8. The fourth-order valence-electron chi connectivity index (χ4n) is 9.88. The normalized spacial score (nSPS) is 13.9. The second kappa shape index (κ2) is 24.7. The summed E-state index contributed by atoms with van der Waals surface area (Å²) in [5.74, 6) is 2.10. The van der Waals surface area contributed by atoms with Crippen LogP contribution in [0.5, 0.6) is 0 Å². The molecule has 0 spiro atoms. The van der Waals surface area contributed by atoms with Crippen LogP contribution in [0.15, 0.2) is 92.4 Å². The number of rotatable bonds is 24. The third-order valence-electron chi connectivity index (χ3n) is 13.2. The molecule has 72 heavy (non-hydrogen) atoms. The number of benzene rings is 4. The molecule has 0 fully saturated rings. The van der Waals surface area contributed by atoms with E-state index in [1.165, 1.54) is 0 Å². The Hall–Kier alpha value is -4.52. The number of nitrogens with zero attached hydrogens (tertiary/aromatic N) is 6. The second-order valence-electron chi connectivity index (χ2n) is 18.5. The van der Waals surface area contributed by atoms with E-state index in [1.54, 1.807) is 47.0 Å². The van der Waals surface area contributed by atoms with Crippen LogP contribution in [0.4, 0.5) is 0 Å². The first kappa shape index (κ1) is 52.3. The molecule has 16 heteroatoms. The van der Waals surface area contributed by atoms with E-state index in [4.69, 9.17) is 29.9 Å². The first-order chi connectivity index (χ1) is 35.3. The van der Waals surface area contributed by atoms with Gasteiger partial charge in [0.2, 0.25) is 0 Å². The van der Waals surface area contributed by atoms with Gasteiger partial charge in [-0.05, 0) is 75.6 Å². The minimum Gasteiger partial charge on any atom is -0.396 e. The van der Waals surface area contributed by atoms with Gasteiger partial charge in [0.05, 0.1) is 0 Å². The number of fused-ring (bicyclic) bond motifs is 20. The number of thioether (sulfide) groups is 4. The predicted molar refractivity (Wildman–Crippen MR) is 301 cm³/mol. The molecule has 2 aliphatic rings. The number of hydrogen-bond donors (Lipinski definition) is 6. The van der Waals surface area contributed by atoms with Crippen LogP contribution in [0.1, 0.15) is 105 Å². The van der Waals surface area contributed by atoms with Crippen molar-refractivity contribution in [3.8, 4) is 45.6 Å². The summed E-state index contributed by atoms with van der Waals surface area (Å²) in [4.78, 5) is 44.1. The zero-order chi connectivity index (χ0) is 50.1. The van der Waals surface area contributed by atoms with Crippen molar-refractivity contribution in [2.45, 2.75) is 145 Å². The first-order valence-electron chi connectivity index (χ1n) is 25.8. The van der Waals surface area contributed by atoms with Gasteiger partial charge in [-0.2, -0.15) is 0 Å². The first-order valence-corrected chi connectivity index (χ1v) is 29.3. The van der Waals surface area contributed by atoms with Crippen molar-refractivity contribution < 1.29 is 20.4 Å². The molecule has 378 valence electrons. The molecule has 0 aliphatic carbocycles. The largest absolute Gasteiger partial charge is 0.396 e. The molecule has 2 aliphatic heterocycles. The van der Waals surface area contributed by atoms with Crippen LogP contribution in [0.3, 0.4) is 0 Å². The second-order valence-corrected chi connectivity index (χ2v) is 23.9. The average molecular weight is 1040 g/mol. The van der Waals surface area contributed by atoms with Crippen LogP contribution >= 0.6 is 47.0 Å². The Kier molecular flexibility index (Phi) is 17.9. The lowest BCUT2D eigenvalue weighted by atomic mass is 10.1. The van der Waals surface area contributed by atoms with E-state index in [0.717, 1.165) is 115 Å². The smallest absolute Gasteiger partial charge is 0.165 e. The van der Waals surface area contributed by atoms with E-state index in [-0.39, 0.29) is 47.4 Å². The Labute approximate surface area is 439 Å². The number of aliphatic hydroxyl groups is 4. The van der Waals surface area contributed by atoms with Crippen molar-refractivity contribution in [1.29, 1.82) is 0 Å². The number of H-pyrrole nitrogens is 2. The topological polar surface area (TPSA) is 190 Å². The highest BCUT2D eigenvalue weighted by molar-refractivity contribution is 8.00. The van der Waals surface area contributed by atoms with Gasteiger partial charge in [0.15, 0.2) is 23.3 Å². The standard InChI is InChI=1S/C56H66N8O4S4/c1-5-13-33(25-29-65)69-41-21-9-17-37-45(41)53-57-49(37)62-54-47-39(19-11-23-43(47)71-35(15-7-3)27-31-67)51(59-54)64-56-48-40(20-12-24-44(48)72-36(16-8-4)28-32-68)52(60-56)63-55-46-38(50(58-55)61-53)18-10-22-42(46)70-34(14-6-2)26-30-66/h9-12,17-24,33-36,65-68H,5-8,13-16,25-32H2,1-4H3,(H2,57,58,59,60,61,62,63,64). The van der Waals surface area contributed by atoms with E-state index in [2.05, 4.69) is 110 Å². The molecular weight excluding hydrogens is 977 g/mol. The van der Waals surface area contributed by atoms with Gasteiger partial charge in [-0.3, -0.25) is 0 Å². The predicted octanol–water partition coefficient (Wildman–Crippen LogP) is 13.4. The molecule has 4 aromatic carbocycles. The highest BCUT2D eigenvalue weighted by atomic mass is 32.2. The summed E-state index contributed by atoms with van der Waals surface area (Å²) in [5, 5.41) is 45.0. The third-order valence-corrected chi connectivity index (χ3v) is 18.8. The van der Waals surface area contributed by atoms with Crippen LogP contribution in [0.2, 0.25) is 0 Å². The van der Waals surface area contributed by atoms with Crippen molar-refractivity contribution >= 4 is 91.2 Å². The summed E-state index contributed by atoms with van der Waals surface area (Å²) >= 11 is 7.06. The van der Waals surface area contributed by atoms with Crippen molar-refractivity contribution in [1.82, 2.24) is 39.9 Å². The molecule has 0 amide bonds. The molecule has 9 rings (SSSR count). The summed E-state index contributed by atoms with van der Waals surface area (Å²) < 4.78 is 0. The van der Waals surface area contributed by atoms with Crippen LogP contribution in [-0.4, -0.2) is 108 Å². The molecule has 8 bridgehead atoms. The maximum Gasteiger partial charge on any atom is 0.165 e. The van der Waals surface area contributed by atoms with E-state index in [1.807, 2.05) is 0 Å². The Morgan fingerprint density at radius 1 is 0.375 bits per heavy atom. The van der Waals surface area contributed by atoms with E-state index in [9.17, 15) is 20.4 Å². The number of aliphatic hydroxyl groups excluding tert-OH is 4. The van der Waals surface area contributed by atoms with E-state index >= 15 is 0 Å². The molecule has 12 nitrogen and oxygen atoms in total. The van der Waals surface area contributed by atoms with Crippen LogP contribution < -0.4 is 0 Å². The third kappa shape index (κ3) is 11.3. The zero-order valence-corrected chi connectivity index (χ0v) is 44.9. The van der Waals surface area contributed by atoms with Crippen LogP contribution in [0, 0.1) is 0 Å². The molecule has 6 N–H and O–H groups in total. The minimum atomic E-state index is 0.104. The van der Waals surface area contributed by atoms with Gasteiger partial charge in [0.1, 0.15) is 22.6 Å². The molecule has 5 heterocycles. The highest BCUT2D eigenvalue weighted by Gasteiger charge is 2.28. The van der Waals surface area contributed by atoms with Gasteiger partial charge < -0.3 is 30.4 Å². The summed E-state index contributed by atoms with van der Waals surface area (Å²) in [6.45, 7) is 9.14. The summed E-state index contributed by atoms with van der Waals surface area (Å²) in [5.41, 5.74) is 5.96. The molecule has 4 atom stereocenters. The van der Waals surface area contributed by atoms with Crippen LogP contribution in [0.25, 0.3) is 89.7 Å². The lowest BCUT2D eigenvalue weighted by molar-refractivity contribution is 0.285. The van der Waals surface area contributed by atoms with Crippen molar-refractivity contribution in [2.24, 2.45) is 0 Å². The minimum absolute atomic E-state index is 0.104. The number of nitrogens with one attached hydrogen (secondary N) is 2. The van der Waals surface area contributed by atoms with Crippen molar-refractivity contribution in [3.05, 3.63) is 72.8 Å².